The molecule has 0 aromatic heterocycles. The maximum absolute atomic E-state index is 12.5. The van der Waals surface area contributed by atoms with Crippen LogP contribution in [0.25, 0.3) is 0 Å². The molecule has 5 heteroatoms. The Morgan fingerprint density at radius 1 is 1.13 bits per heavy atom. The minimum absolute atomic E-state index is 0.260. The zero-order chi connectivity index (χ0) is 16.8. The molecule has 0 spiro atoms. The molecule has 23 heavy (non-hydrogen) atoms. The van der Waals surface area contributed by atoms with E-state index in [4.69, 9.17) is 0 Å². The number of anilines is 1. The van der Waals surface area contributed by atoms with Gasteiger partial charge in [-0.25, -0.2) is 0 Å². The van der Waals surface area contributed by atoms with E-state index in [1.54, 1.807) is 44.4 Å². The lowest BCUT2D eigenvalue weighted by molar-refractivity contribution is -0.129. The average Bonchev–Trinajstić information content (AvgIpc) is 2.79. The van der Waals surface area contributed by atoms with Crippen molar-refractivity contribution in [3.63, 3.8) is 0 Å². The van der Waals surface area contributed by atoms with Crippen molar-refractivity contribution in [3.05, 3.63) is 64.7 Å². The Labute approximate surface area is 134 Å². The van der Waals surface area contributed by atoms with Crippen LogP contribution in [0.3, 0.4) is 0 Å². The maximum Gasteiger partial charge on any atom is 0.265 e. The first-order valence-corrected chi connectivity index (χ1v) is 7.32. The van der Waals surface area contributed by atoms with E-state index >= 15 is 0 Å². The molecule has 1 heterocycles. The van der Waals surface area contributed by atoms with Gasteiger partial charge in [-0.15, -0.1) is 0 Å². The molecule has 118 valence electrons. The van der Waals surface area contributed by atoms with E-state index in [-0.39, 0.29) is 5.91 Å². The van der Waals surface area contributed by atoms with Gasteiger partial charge in [-0.1, -0.05) is 35.9 Å². The number of nitrogens with zero attached hydrogens (tertiary/aromatic N) is 1. The molecule has 2 aromatic rings. The number of hydrogen-bond donors (Lipinski definition) is 2. The van der Waals surface area contributed by atoms with Gasteiger partial charge in [-0.05, 0) is 24.6 Å². The molecule has 5 nitrogen and oxygen atoms in total. The Kier molecular flexibility index (Phi) is 3.45. The highest BCUT2D eigenvalue weighted by molar-refractivity contribution is 6.11. The third kappa shape index (κ3) is 2.21. The number of rotatable bonds is 2. The molecular formula is C18H18N2O3. The molecule has 0 saturated carbocycles. The van der Waals surface area contributed by atoms with Crippen LogP contribution < -0.4 is 5.32 Å². The summed E-state index contributed by atoms with van der Waals surface area (Å²) in [4.78, 5) is 26.4. The van der Waals surface area contributed by atoms with Crippen LogP contribution in [0.15, 0.2) is 42.5 Å². The number of benzene rings is 2. The molecule has 1 atom stereocenters. The SMILES string of the molecule is Cc1ccc([C@@]2(O)C(=O)Nc3cccc(C(=O)N(C)C)c32)cc1. The summed E-state index contributed by atoms with van der Waals surface area (Å²) in [5, 5.41) is 13.9. The van der Waals surface area contributed by atoms with Gasteiger partial charge >= 0.3 is 0 Å². The Morgan fingerprint density at radius 2 is 1.78 bits per heavy atom. The fraction of sp³-hybridized carbons (Fsp3) is 0.222. The monoisotopic (exact) mass is 310 g/mol. The largest absolute Gasteiger partial charge is 0.372 e. The molecule has 2 aromatic carbocycles. The first-order chi connectivity index (χ1) is 10.9. The smallest absolute Gasteiger partial charge is 0.265 e. The molecule has 0 saturated heterocycles. The Hall–Kier alpha value is -2.66. The summed E-state index contributed by atoms with van der Waals surface area (Å²) in [6.45, 7) is 1.93. The lowest BCUT2D eigenvalue weighted by Crippen LogP contribution is -2.37. The van der Waals surface area contributed by atoms with Crippen LogP contribution in [0.4, 0.5) is 5.69 Å². The molecule has 0 unspecified atom stereocenters. The lowest BCUT2D eigenvalue weighted by atomic mass is 9.84. The Morgan fingerprint density at radius 3 is 2.39 bits per heavy atom. The van der Waals surface area contributed by atoms with Gasteiger partial charge < -0.3 is 15.3 Å². The van der Waals surface area contributed by atoms with Gasteiger partial charge in [0.25, 0.3) is 11.8 Å². The lowest BCUT2D eigenvalue weighted by Gasteiger charge is -2.24. The van der Waals surface area contributed by atoms with E-state index in [9.17, 15) is 14.7 Å². The highest BCUT2D eigenvalue weighted by atomic mass is 16.3. The fourth-order valence-corrected chi connectivity index (χ4v) is 2.86. The average molecular weight is 310 g/mol. The molecule has 1 aliphatic heterocycles. The first kappa shape index (κ1) is 15.2. The summed E-state index contributed by atoms with van der Waals surface area (Å²) in [5.41, 5.74) is 0.685. The van der Waals surface area contributed by atoms with E-state index in [2.05, 4.69) is 5.32 Å². The second-order valence-electron chi connectivity index (χ2n) is 5.96. The number of carbonyl (C=O) groups excluding carboxylic acids is 2. The molecule has 0 fully saturated rings. The number of aliphatic hydroxyl groups is 1. The minimum atomic E-state index is -1.87. The molecule has 0 aliphatic carbocycles. The number of amides is 2. The second kappa shape index (κ2) is 5.21. The van der Waals surface area contributed by atoms with Gasteiger partial charge in [0.05, 0.1) is 0 Å². The van der Waals surface area contributed by atoms with Crippen molar-refractivity contribution in [1.29, 1.82) is 0 Å². The minimum Gasteiger partial charge on any atom is -0.372 e. The molecule has 2 N–H and O–H groups in total. The first-order valence-electron chi connectivity index (χ1n) is 7.32. The van der Waals surface area contributed by atoms with Gasteiger partial charge in [0, 0.05) is 30.9 Å². The zero-order valence-corrected chi connectivity index (χ0v) is 13.3. The van der Waals surface area contributed by atoms with Gasteiger partial charge in [0.1, 0.15) is 0 Å². The van der Waals surface area contributed by atoms with Crippen LogP contribution in [0, 0.1) is 6.92 Å². The quantitative estimate of drug-likeness (QED) is 0.890. The molecule has 2 amide bonds. The van der Waals surface area contributed by atoms with Crippen molar-refractivity contribution >= 4 is 17.5 Å². The molecule has 1 aliphatic rings. The standard InChI is InChI=1S/C18H18N2O3/c1-11-7-9-12(10-8-11)18(23)15-13(16(21)20(2)3)5-4-6-14(15)19-17(18)22/h4-10,23H,1-3H3,(H,19,22)/t18-/m0/s1. The third-order valence-corrected chi connectivity index (χ3v) is 4.11. The van der Waals surface area contributed by atoms with Gasteiger partial charge in [0.15, 0.2) is 5.60 Å². The number of hydrogen-bond acceptors (Lipinski definition) is 3. The van der Waals surface area contributed by atoms with Crippen molar-refractivity contribution in [2.75, 3.05) is 19.4 Å². The normalized spacial score (nSPS) is 19.2. The van der Waals surface area contributed by atoms with Crippen LogP contribution in [0.5, 0.6) is 0 Å². The number of aryl methyl sites for hydroxylation is 1. The van der Waals surface area contributed by atoms with Crippen molar-refractivity contribution in [3.8, 4) is 0 Å². The topological polar surface area (TPSA) is 69.6 Å². The number of carbonyl (C=O) groups is 2. The summed E-state index contributed by atoms with van der Waals surface area (Å²) in [6.07, 6.45) is 0. The fourth-order valence-electron chi connectivity index (χ4n) is 2.86. The van der Waals surface area contributed by atoms with E-state index < -0.39 is 11.5 Å². The van der Waals surface area contributed by atoms with Gasteiger partial charge in [0.2, 0.25) is 0 Å². The number of nitrogens with one attached hydrogen (secondary N) is 1. The van der Waals surface area contributed by atoms with Crippen molar-refractivity contribution in [2.24, 2.45) is 0 Å². The molecule has 0 radical (unpaired) electrons. The Bertz CT molecular complexity index is 796. The van der Waals surface area contributed by atoms with E-state index in [1.165, 1.54) is 4.90 Å². The van der Waals surface area contributed by atoms with Crippen LogP contribution >= 0.6 is 0 Å². The zero-order valence-electron chi connectivity index (χ0n) is 13.3. The van der Waals surface area contributed by atoms with Crippen molar-refractivity contribution in [1.82, 2.24) is 4.90 Å². The van der Waals surface area contributed by atoms with Crippen LogP contribution in [0.2, 0.25) is 0 Å². The Balaban J connectivity index is 2.25. The van der Waals surface area contributed by atoms with E-state index in [0.29, 0.717) is 22.4 Å². The van der Waals surface area contributed by atoms with E-state index in [1.807, 2.05) is 19.1 Å². The summed E-state index contributed by atoms with van der Waals surface area (Å²) >= 11 is 0. The highest BCUT2D eigenvalue weighted by Gasteiger charge is 2.49. The van der Waals surface area contributed by atoms with Gasteiger partial charge in [-0.2, -0.15) is 0 Å². The number of fused-ring (bicyclic) bond motifs is 1. The predicted molar refractivity (Wildman–Crippen MR) is 87.3 cm³/mol. The van der Waals surface area contributed by atoms with E-state index in [0.717, 1.165) is 5.56 Å². The maximum atomic E-state index is 12.5. The van der Waals surface area contributed by atoms with Crippen LogP contribution in [-0.4, -0.2) is 35.9 Å². The predicted octanol–water partition coefficient (Wildman–Crippen LogP) is 1.88. The van der Waals surface area contributed by atoms with Crippen molar-refractivity contribution < 1.29 is 14.7 Å². The second-order valence-corrected chi connectivity index (χ2v) is 5.96. The third-order valence-electron chi connectivity index (χ3n) is 4.11. The van der Waals surface area contributed by atoms with Gasteiger partial charge in [-0.3, -0.25) is 9.59 Å². The molecule has 3 rings (SSSR count). The van der Waals surface area contributed by atoms with Crippen LogP contribution in [-0.2, 0) is 10.4 Å². The van der Waals surface area contributed by atoms with Crippen LogP contribution in [0.1, 0.15) is 27.0 Å². The summed E-state index contributed by atoms with van der Waals surface area (Å²) < 4.78 is 0. The van der Waals surface area contributed by atoms with Crippen molar-refractivity contribution in [2.45, 2.75) is 12.5 Å². The summed E-state index contributed by atoms with van der Waals surface area (Å²) in [7, 11) is 3.27. The molecule has 0 bridgehead atoms. The summed E-state index contributed by atoms with van der Waals surface area (Å²) in [5.74, 6) is -0.806. The summed E-state index contributed by atoms with van der Waals surface area (Å²) in [6, 6.07) is 12.1. The highest BCUT2D eigenvalue weighted by Crippen LogP contribution is 2.43. The molecular weight excluding hydrogens is 292 g/mol.